The molecule has 76 valence electrons. The first kappa shape index (κ1) is 11.0. The first-order valence-electron chi connectivity index (χ1n) is 5.01. The van der Waals surface area contributed by atoms with E-state index in [9.17, 15) is 0 Å². The molecule has 1 rings (SSSR count). The zero-order valence-electron chi connectivity index (χ0n) is 9.35. The van der Waals surface area contributed by atoms with Gasteiger partial charge >= 0.3 is 0 Å². The normalized spacial score (nSPS) is 10.2. The van der Waals surface area contributed by atoms with E-state index in [2.05, 4.69) is 43.9 Å². The van der Waals surface area contributed by atoms with Crippen molar-refractivity contribution in [3.63, 3.8) is 0 Å². The largest absolute Gasteiger partial charge is 0.309 e. The predicted octanol–water partition coefficient (Wildman–Crippen LogP) is 2.97. The van der Waals surface area contributed by atoms with E-state index in [0.29, 0.717) is 0 Å². The van der Waals surface area contributed by atoms with E-state index in [1.54, 1.807) is 0 Å². The van der Waals surface area contributed by atoms with E-state index in [1.165, 1.54) is 22.3 Å². The third-order valence-electron chi connectivity index (χ3n) is 2.46. The molecule has 1 aromatic rings. The monoisotopic (exact) mass is 189 g/mol. The first-order chi connectivity index (χ1) is 6.61. The fourth-order valence-corrected chi connectivity index (χ4v) is 1.41. The molecular formula is C13H19N. The van der Waals surface area contributed by atoms with Crippen LogP contribution in [0.3, 0.4) is 0 Å². The van der Waals surface area contributed by atoms with Crippen LogP contribution in [0.15, 0.2) is 30.4 Å². The third kappa shape index (κ3) is 3.00. The van der Waals surface area contributed by atoms with Crippen LogP contribution in [0, 0.1) is 13.8 Å². The van der Waals surface area contributed by atoms with Gasteiger partial charge in [-0.2, -0.15) is 0 Å². The molecule has 0 atom stereocenters. The summed E-state index contributed by atoms with van der Waals surface area (Å²) in [4.78, 5) is 0. The number of nitrogens with one attached hydrogen (secondary N) is 1. The van der Waals surface area contributed by atoms with Crippen molar-refractivity contribution < 1.29 is 0 Å². The molecule has 1 aromatic carbocycles. The number of hydrogen-bond acceptors (Lipinski definition) is 1. The second kappa shape index (κ2) is 4.97. The van der Waals surface area contributed by atoms with Crippen LogP contribution >= 0.6 is 0 Å². The maximum atomic E-state index is 3.86. The Hall–Kier alpha value is -1.08. The van der Waals surface area contributed by atoms with Crippen LogP contribution < -0.4 is 5.32 Å². The van der Waals surface area contributed by atoms with Gasteiger partial charge in [-0.25, -0.2) is 0 Å². The number of rotatable bonds is 4. The van der Waals surface area contributed by atoms with Crippen molar-refractivity contribution in [3.8, 4) is 0 Å². The molecule has 0 heterocycles. The van der Waals surface area contributed by atoms with E-state index < -0.39 is 0 Å². The second-order valence-electron chi connectivity index (χ2n) is 3.92. The molecule has 0 aromatic heterocycles. The Morgan fingerprint density at radius 2 is 2.07 bits per heavy atom. The average molecular weight is 189 g/mol. The van der Waals surface area contributed by atoms with Crippen LogP contribution in [0.25, 0.3) is 0 Å². The van der Waals surface area contributed by atoms with E-state index in [-0.39, 0.29) is 0 Å². The van der Waals surface area contributed by atoms with Gasteiger partial charge in [-0.3, -0.25) is 0 Å². The zero-order chi connectivity index (χ0) is 10.6. The van der Waals surface area contributed by atoms with Gasteiger partial charge in [0.25, 0.3) is 0 Å². The van der Waals surface area contributed by atoms with Crippen molar-refractivity contribution in [3.05, 3.63) is 47.0 Å². The highest BCUT2D eigenvalue weighted by atomic mass is 14.8. The molecule has 0 amide bonds. The summed E-state index contributed by atoms with van der Waals surface area (Å²) in [6, 6.07) is 6.44. The van der Waals surface area contributed by atoms with Crippen LogP contribution in [0.4, 0.5) is 0 Å². The molecule has 0 aliphatic heterocycles. The Kier molecular flexibility index (Phi) is 3.90. The summed E-state index contributed by atoms with van der Waals surface area (Å²) in [5.74, 6) is 0. The highest BCUT2D eigenvalue weighted by molar-refractivity contribution is 5.32. The van der Waals surface area contributed by atoms with Crippen molar-refractivity contribution >= 4 is 0 Å². The van der Waals surface area contributed by atoms with Crippen LogP contribution in [0.5, 0.6) is 0 Å². The lowest BCUT2D eigenvalue weighted by Crippen LogP contribution is -2.16. The van der Waals surface area contributed by atoms with Gasteiger partial charge < -0.3 is 5.32 Å². The molecular weight excluding hydrogens is 170 g/mol. The zero-order valence-corrected chi connectivity index (χ0v) is 9.35. The van der Waals surface area contributed by atoms with Crippen molar-refractivity contribution in [2.75, 3.05) is 6.54 Å². The summed E-state index contributed by atoms with van der Waals surface area (Å²) in [7, 11) is 0. The molecule has 0 bridgehead atoms. The predicted molar refractivity (Wildman–Crippen MR) is 62.4 cm³/mol. The van der Waals surface area contributed by atoms with Crippen molar-refractivity contribution in [1.29, 1.82) is 0 Å². The van der Waals surface area contributed by atoms with Crippen LogP contribution in [0.2, 0.25) is 0 Å². The van der Waals surface area contributed by atoms with Gasteiger partial charge in [0.2, 0.25) is 0 Å². The lowest BCUT2D eigenvalue weighted by Gasteiger charge is -2.09. The first-order valence-corrected chi connectivity index (χ1v) is 5.01. The van der Waals surface area contributed by atoms with Gasteiger partial charge in [0.15, 0.2) is 0 Å². The standard InChI is InChI=1S/C13H19N/c1-10(2)8-14-9-13-7-5-6-11(3)12(13)4/h5-7,14H,1,8-9H2,2-4H3. The molecule has 0 aliphatic rings. The minimum Gasteiger partial charge on any atom is -0.309 e. The van der Waals surface area contributed by atoms with Crippen molar-refractivity contribution in [2.24, 2.45) is 0 Å². The molecule has 0 fully saturated rings. The van der Waals surface area contributed by atoms with Gasteiger partial charge in [-0.1, -0.05) is 30.4 Å². The van der Waals surface area contributed by atoms with Crippen LogP contribution in [-0.2, 0) is 6.54 Å². The summed E-state index contributed by atoms with van der Waals surface area (Å²) in [6.45, 7) is 12.1. The van der Waals surface area contributed by atoms with E-state index in [1.807, 2.05) is 6.92 Å². The summed E-state index contributed by atoms with van der Waals surface area (Å²) < 4.78 is 0. The maximum Gasteiger partial charge on any atom is 0.0211 e. The maximum absolute atomic E-state index is 3.86. The Labute approximate surface area is 86.8 Å². The van der Waals surface area contributed by atoms with Crippen LogP contribution in [0.1, 0.15) is 23.6 Å². The van der Waals surface area contributed by atoms with E-state index in [4.69, 9.17) is 0 Å². The fourth-order valence-electron chi connectivity index (χ4n) is 1.41. The Bertz CT molecular complexity index is 326. The molecule has 0 unspecified atom stereocenters. The van der Waals surface area contributed by atoms with Gasteiger partial charge in [0, 0.05) is 13.1 Å². The van der Waals surface area contributed by atoms with Crippen LogP contribution in [-0.4, -0.2) is 6.54 Å². The Morgan fingerprint density at radius 1 is 1.36 bits per heavy atom. The van der Waals surface area contributed by atoms with Crippen molar-refractivity contribution in [1.82, 2.24) is 5.32 Å². The second-order valence-corrected chi connectivity index (χ2v) is 3.92. The number of aryl methyl sites for hydroxylation is 1. The van der Waals surface area contributed by atoms with Gasteiger partial charge in [0.1, 0.15) is 0 Å². The molecule has 1 nitrogen and oxygen atoms in total. The van der Waals surface area contributed by atoms with Crippen molar-refractivity contribution in [2.45, 2.75) is 27.3 Å². The molecule has 1 N–H and O–H groups in total. The molecule has 14 heavy (non-hydrogen) atoms. The molecule has 0 spiro atoms. The molecule has 0 radical (unpaired) electrons. The van der Waals surface area contributed by atoms with Gasteiger partial charge in [0.05, 0.1) is 0 Å². The SMILES string of the molecule is C=C(C)CNCc1cccc(C)c1C. The lowest BCUT2D eigenvalue weighted by molar-refractivity contribution is 0.736. The Morgan fingerprint density at radius 3 is 2.71 bits per heavy atom. The highest BCUT2D eigenvalue weighted by Crippen LogP contribution is 2.12. The smallest absolute Gasteiger partial charge is 0.0211 e. The average Bonchev–Trinajstić information content (AvgIpc) is 2.12. The minimum absolute atomic E-state index is 0.896. The highest BCUT2D eigenvalue weighted by Gasteiger charge is 1.99. The molecule has 0 saturated heterocycles. The third-order valence-corrected chi connectivity index (χ3v) is 2.46. The topological polar surface area (TPSA) is 12.0 Å². The summed E-state index contributed by atoms with van der Waals surface area (Å²) in [6.07, 6.45) is 0. The van der Waals surface area contributed by atoms with Gasteiger partial charge in [-0.05, 0) is 37.5 Å². The Balaban J connectivity index is 2.59. The molecule has 1 heteroatoms. The number of hydrogen-bond donors (Lipinski definition) is 1. The minimum atomic E-state index is 0.896. The lowest BCUT2D eigenvalue weighted by atomic mass is 10.0. The molecule has 0 aliphatic carbocycles. The fraction of sp³-hybridized carbons (Fsp3) is 0.385. The van der Waals surface area contributed by atoms with E-state index in [0.717, 1.165) is 13.1 Å². The summed E-state index contributed by atoms with van der Waals surface area (Å²) in [5, 5.41) is 3.37. The summed E-state index contributed by atoms with van der Waals surface area (Å²) >= 11 is 0. The van der Waals surface area contributed by atoms with Gasteiger partial charge in [-0.15, -0.1) is 0 Å². The quantitative estimate of drug-likeness (QED) is 0.718. The summed E-state index contributed by atoms with van der Waals surface area (Å²) in [5.41, 5.74) is 5.31. The van der Waals surface area contributed by atoms with E-state index >= 15 is 0 Å². The number of benzene rings is 1. The molecule has 0 saturated carbocycles.